The molecule has 3 N–H and O–H groups in total. The van der Waals surface area contributed by atoms with Gasteiger partial charge < -0.3 is 15.2 Å². The number of benzene rings is 3. The summed E-state index contributed by atoms with van der Waals surface area (Å²) in [6, 6.07) is 7.96. The lowest BCUT2D eigenvalue weighted by atomic mass is 9.95. The molecule has 0 spiro atoms. The van der Waals surface area contributed by atoms with Crippen molar-refractivity contribution in [3.8, 4) is 22.3 Å². The molecular weight excluding hydrogens is 639 g/mol. The van der Waals surface area contributed by atoms with Gasteiger partial charge in [0.1, 0.15) is 11.3 Å². The van der Waals surface area contributed by atoms with Crippen molar-refractivity contribution in [2.75, 3.05) is 24.6 Å². The Balaban J connectivity index is 0.000000591. The van der Waals surface area contributed by atoms with E-state index in [0.29, 0.717) is 24.5 Å². The van der Waals surface area contributed by atoms with Gasteiger partial charge in [0.15, 0.2) is 33.1 Å². The van der Waals surface area contributed by atoms with Crippen molar-refractivity contribution in [3.05, 3.63) is 76.6 Å². The molecule has 0 radical (unpaired) electrons. The highest BCUT2D eigenvalue weighted by atomic mass is 32.2. The first-order valence-corrected chi connectivity index (χ1v) is 14.6. The Morgan fingerprint density at radius 3 is 1.96 bits per heavy atom. The standard InChI is InChI=1S/C26H21F4N3O4S.C2HF3O2/c1-13-31-18-11-16(10-17(26(34)35)25(18)32-13)20-23(29)21(27)19(22(28)24(20)30)15-4-2-3-14(9-15)12-33-5-7-38(36,37)8-6-33;3-2(4,5)1(6)7/h2-4,9-11H,5-8,12H2,1H3,(H,31,32)(H,34,35);(H,6,7). The van der Waals surface area contributed by atoms with E-state index in [2.05, 4.69) is 9.97 Å². The highest BCUT2D eigenvalue weighted by Gasteiger charge is 2.38. The maximum absolute atomic E-state index is 15.3. The topological polar surface area (TPSA) is 141 Å². The van der Waals surface area contributed by atoms with Gasteiger partial charge in [-0.3, -0.25) is 4.90 Å². The number of aromatic carboxylic acids is 1. The highest BCUT2D eigenvalue weighted by molar-refractivity contribution is 7.91. The predicted octanol–water partition coefficient (Wildman–Crippen LogP) is 5.32. The van der Waals surface area contributed by atoms with Gasteiger partial charge >= 0.3 is 18.1 Å². The number of nitrogens with one attached hydrogen (secondary N) is 1. The second-order valence-corrected chi connectivity index (χ2v) is 12.3. The Labute approximate surface area is 249 Å². The third-order valence-electron chi connectivity index (χ3n) is 6.79. The first kappa shape index (κ1) is 33.4. The number of sulfone groups is 1. The van der Waals surface area contributed by atoms with Gasteiger partial charge in [0.25, 0.3) is 0 Å². The molecule has 0 unspecified atom stereocenters. The number of carboxylic acids is 2. The number of alkyl halides is 3. The number of aliphatic carboxylic acids is 1. The number of imidazole rings is 1. The van der Waals surface area contributed by atoms with E-state index in [4.69, 9.17) is 9.90 Å². The number of hydrogen-bond donors (Lipinski definition) is 3. The van der Waals surface area contributed by atoms with Crippen LogP contribution >= 0.6 is 0 Å². The summed E-state index contributed by atoms with van der Waals surface area (Å²) < 4.78 is 116. The van der Waals surface area contributed by atoms with Gasteiger partial charge in [-0.2, -0.15) is 13.2 Å². The SMILES string of the molecule is Cc1nc2c(C(=O)O)cc(-c3c(F)c(F)c(-c4cccc(CN5CCS(=O)(=O)CC5)c4)c(F)c3F)cc2[nH]1.O=C(O)C(F)(F)F. The fourth-order valence-corrected chi connectivity index (χ4v) is 5.96. The molecule has 0 aliphatic carbocycles. The largest absolute Gasteiger partial charge is 0.490 e. The number of nitrogens with zero attached hydrogens (tertiary/aromatic N) is 2. The van der Waals surface area contributed by atoms with Crippen molar-refractivity contribution in [1.29, 1.82) is 0 Å². The number of aromatic nitrogens is 2. The lowest BCUT2D eigenvalue weighted by molar-refractivity contribution is -0.192. The molecule has 0 saturated carbocycles. The number of halogens is 7. The molecule has 3 aromatic carbocycles. The van der Waals surface area contributed by atoms with Crippen LogP contribution in [-0.4, -0.2) is 76.2 Å². The number of carbonyl (C=O) groups is 2. The van der Waals surface area contributed by atoms with Crippen LogP contribution in [0.25, 0.3) is 33.3 Å². The van der Waals surface area contributed by atoms with Crippen LogP contribution in [0, 0.1) is 30.2 Å². The third-order valence-corrected chi connectivity index (χ3v) is 8.40. The average Bonchev–Trinajstić information content (AvgIpc) is 3.33. The van der Waals surface area contributed by atoms with Gasteiger partial charge in [-0.15, -0.1) is 0 Å². The lowest BCUT2D eigenvalue weighted by Gasteiger charge is -2.26. The van der Waals surface area contributed by atoms with Crippen molar-refractivity contribution in [1.82, 2.24) is 14.9 Å². The van der Waals surface area contributed by atoms with Crippen LogP contribution in [0.3, 0.4) is 0 Å². The van der Waals surface area contributed by atoms with Gasteiger partial charge in [0.05, 0.1) is 33.7 Å². The maximum atomic E-state index is 15.3. The number of carboxylic acid groups (broad SMARTS) is 2. The molecule has 240 valence electrons. The summed E-state index contributed by atoms with van der Waals surface area (Å²) >= 11 is 0. The highest BCUT2D eigenvalue weighted by Crippen LogP contribution is 2.38. The smallest absolute Gasteiger partial charge is 0.478 e. The van der Waals surface area contributed by atoms with Crippen LogP contribution in [0.4, 0.5) is 30.7 Å². The Kier molecular flexibility index (Phi) is 9.25. The van der Waals surface area contributed by atoms with Crippen molar-refractivity contribution in [2.24, 2.45) is 0 Å². The Morgan fingerprint density at radius 1 is 0.911 bits per heavy atom. The minimum absolute atomic E-state index is 0.00132. The van der Waals surface area contributed by atoms with Gasteiger partial charge in [0, 0.05) is 19.6 Å². The van der Waals surface area contributed by atoms with Crippen molar-refractivity contribution in [3.63, 3.8) is 0 Å². The van der Waals surface area contributed by atoms with Gasteiger partial charge in [-0.1, -0.05) is 18.2 Å². The van der Waals surface area contributed by atoms with Gasteiger partial charge in [0.2, 0.25) is 0 Å². The van der Waals surface area contributed by atoms with Crippen LogP contribution < -0.4 is 0 Å². The molecule has 1 aliphatic rings. The molecule has 17 heteroatoms. The molecule has 1 fully saturated rings. The van der Waals surface area contributed by atoms with Crippen LogP contribution in [0.2, 0.25) is 0 Å². The number of hydrogen-bond acceptors (Lipinski definition) is 6. The van der Waals surface area contributed by atoms with E-state index in [1.54, 1.807) is 13.0 Å². The Bertz CT molecular complexity index is 1880. The van der Waals surface area contributed by atoms with Crippen molar-refractivity contribution >= 4 is 32.8 Å². The zero-order valence-electron chi connectivity index (χ0n) is 23.0. The van der Waals surface area contributed by atoms with Gasteiger partial charge in [-0.05, 0) is 41.8 Å². The molecule has 2 heterocycles. The summed E-state index contributed by atoms with van der Waals surface area (Å²) in [4.78, 5) is 29.3. The van der Waals surface area contributed by atoms with Gasteiger partial charge in [-0.25, -0.2) is 40.6 Å². The predicted molar refractivity (Wildman–Crippen MR) is 146 cm³/mol. The monoisotopic (exact) mass is 661 g/mol. The molecule has 4 aromatic rings. The molecule has 1 aliphatic heterocycles. The molecular formula is C28H22F7N3O6S. The average molecular weight is 662 g/mol. The minimum Gasteiger partial charge on any atom is -0.478 e. The van der Waals surface area contributed by atoms with Crippen LogP contribution in [0.15, 0.2) is 36.4 Å². The zero-order valence-corrected chi connectivity index (χ0v) is 23.8. The molecule has 45 heavy (non-hydrogen) atoms. The maximum Gasteiger partial charge on any atom is 0.490 e. The van der Waals surface area contributed by atoms with E-state index in [9.17, 15) is 31.5 Å². The zero-order chi connectivity index (χ0) is 33.4. The Morgan fingerprint density at radius 2 is 1.44 bits per heavy atom. The Hall–Kier alpha value is -4.51. The van der Waals surface area contributed by atoms with E-state index >= 15 is 17.6 Å². The van der Waals surface area contributed by atoms with Crippen LogP contribution in [0.5, 0.6) is 0 Å². The molecule has 0 atom stereocenters. The number of H-pyrrole nitrogens is 1. The van der Waals surface area contributed by atoms with Crippen LogP contribution in [-0.2, 0) is 21.2 Å². The summed E-state index contributed by atoms with van der Waals surface area (Å²) in [7, 11) is -3.09. The summed E-state index contributed by atoms with van der Waals surface area (Å²) in [6.45, 7) is 2.44. The fraction of sp³-hybridized carbons (Fsp3) is 0.250. The van der Waals surface area contributed by atoms with Crippen molar-refractivity contribution in [2.45, 2.75) is 19.6 Å². The lowest BCUT2D eigenvalue weighted by Crippen LogP contribution is -2.39. The molecule has 0 amide bonds. The van der Waals surface area contributed by atoms with E-state index in [1.165, 1.54) is 24.3 Å². The molecule has 0 bridgehead atoms. The van der Waals surface area contributed by atoms with Crippen molar-refractivity contribution < 1.29 is 59.0 Å². The normalized spacial score (nSPS) is 15.0. The minimum atomic E-state index is -5.08. The molecule has 1 saturated heterocycles. The summed E-state index contributed by atoms with van der Waals surface area (Å²) in [6.07, 6.45) is -5.08. The first-order valence-electron chi connectivity index (χ1n) is 12.8. The quantitative estimate of drug-likeness (QED) is 0.193. The second-order valence-electron chi connectivity index (χ2n) is 9.98. The molecule has 1 aromatic heterocycles. The number of aromatic amines is 1. The molecule has 5 rings (SSSR count). The van der Waals surface area contributed by atoms with E-state index in [-0.39, 0.29) is 45.8 Å². The third kappa shape index (κ3) is 7.25. The summed E-state index contributed by atoms with van der Waals surface area (Å²) in [5, 5.41) is 16.7. The number of fused-ring (bicyclic) bond motifs is 1. The fourth-order valence-electron chi connectivity index (χ4n) is 4.68. The summed E-state index contributed by atoms with van der Waals surface area (Å²) in [5.74, 6) is -10.4. The number of aryl methyl sites for hydroxylation is 1. The second kappa shape index (κ2) is 12.5. The summed E-state index contributed by atoms with van der Waals surface area (Å²) in [5.41, 5.74) is -2.03. The van der Waals surface area contributed by atoms with E-state index in [1.807, 2.05) is 4.90 Å². The number of rotatable bonds is 5. The van der Waals surface area contributed by atoms with E-state index in [0.717, 1.165) is 6.07 Å². The van der Waals surface area contributed by atoms with E-state index < -0.39 is 62.3 Å². The molecule has 9 nitrogen and oxygen atoms in total. The van der Waals surface area contributed by atoms with Crippen LogP contribution in [0.1, 0.15) is 21.7 Å². The first-order chi connectivity index (χ1) is 20.9.